The molecular weight excluding hydrogens is 300 g/mol. The van der Waals surface area contributed by atoms with Gasteiger partial charge in [0.1, 0.15) is 5.78 Å². The molecule has 0 saturated carbocycles. The van der Waals surface area contributed by atoms with Crippen LogP contribution in [0.4, 0.5) is 0 Å². The molecule has 20 heavy (non-hydrogen) atoms. The number of thioether (sulfide) groups is 1. The van der Waals surface area contributed by atoms with Gasteiger partial charge >= 0.3 is 0 Å². The van der Waals surface area contributed by atoms with Crippen molar-refractivity contribution >= 4 is 32.8 Å². The Morgan fingerprint density at radius 3 is 2.20 bits per heavy atom. The van der Waals surface area contributed by atoms with Gasteiger partial charge < -0.3 is 5.73 Å². The van der Waals surface area contributed by atoms with Crippen molar-refractivity contribution in [3.63, 3.8) is 0 Å². The van der Waals surface area contributed by atoms with Crippen LogP contribution in [0.5, 0.6) is 0 Å². The predicted molar refractivity (Wildman–Crippen MR) is 80.7 cm³/mol. The van der Waals surface area contributed by atoms with Crippen LogP contribution in [-0.4, -0.2) is 29.7 Å². The van der Waals surface area contributed by atoms with Crippen LogP contribution in [0, 0.1) is 12.3 Å². The van der Waals surface area contributed by atoms with Crippen LogP contribution in [0.3, 0.4) is 0 Å². The molecule has 0 fully saturated rings. The standard InChI is InChI=1S/C7H8O3S.C5H10N2OS/c1-6-2-4-7(5-3-6)11(8,9)10;1-4(8)2-3-9-5(6)7/h2-5H,1H3,(H,8,9,10);2-3H2,1H3,(H3,6,7). The minimum absolute atomic E-state index is 0.0666. The third kappa shape index (κ3) is 9.54. The van der Waals surface area contributed by atoms with Crippen molar-refractivity contribution in [3.05, 3.63) is 29.8 Å². The van der Waals surface area contributed by atoms with Gasteiger partial charge in [-0.1, -0.05) is 29.5 Å². The first kappa shape index (κ1) is 18.6. The van der Waals surface area contributed by atoms with Crippen LogP contribution >= 0.6 is 11.8 Å². The van der Waals surface area contributed by atoms with Crippen molar-refractivity contribution in [2.45, 2.75) is 25.2 Å². The summed E-state index contributed by atoms with van der Waals surface area (Å²) in [6.07, 6.45) is 0.504. The largest absolute Gasteiger partial charge is 0.379 e. The van der Waals surface area contributed by atoms with Crippen molar-refractivity contribution in [2.75, 3.05) is 5.75 Å². The summed E-state index contributed by atoms with van der Waals surface area (Å²) in [6, 6.07) is 5.99. The van der Waals surface area contributed by atoms with E-state index in [9.17, 15) is 13.2 Å². The highest BCUT2D eigenvalue weighted by Gasteiger charge is 2.06. The highest BCUT2D eigenvalue weighted by molar-refractivity contribution is 8.13. The van der Waals surface area contributed by atoms with Gasteiger partial charge in [0.05, 0.1) is 4.90 Å². The van der Waals surface area contributed by atoms with Crippen molar-refractivity contribution in [3.8, 4) is 0 Å². The molecule has 6 nitrogen and oxygen atoms in total. The molecule has 0 saturated heterocycles. The van der Waals surface area contributed by atoms with E-state index < -0.39 is 10.1 Å². The molecule has 0 unspecified atom stereocenters. The average molecular weight is 318 g/mol. The fourth-order valence-corrected chi connectivity index (χ4v) is 2.10. The van der Waals surface area contributed by atoms with Crippen LogP contribution < -0.4 is 5.73 Å². The lowest BCUT2D eigenvalue weighted by atomic mass is 10.2. The fraction of sp³-hybridized carbons (Fsp3) is 0.333. The lowest BCUT2D eigenvalue weighted by Crippen LogP contribution is -2.05. The molecule has 0 aromatic heterocycles. The van der Waals surface area contributed by atoms with E-state index in [0.717, 1.165) is 5.56 Å². The highest BCUT2D eigenvalue weighted by atomic mass is 32.2. The molecule has 0 radical (unpaired) electrons. The quantitative estimate of drug-likeness (QED) is 0.442. The molecule has 1 aromatic carbocycles. The topological polar surface area (TPSA) is 121 Å². The number of amidine groups is 1. The summed E-state index contributed by atoms with van der Waals surface area (Å²) in [4.78, 5) is 10.2. The van der Waals surface area contributed by atoms with Gasteiger partial charge in [-0.05, 0) is 26.0 Å². The van der Waals surface area contributed by atoms with E-state index in [2.05, 4.69) is 0 Å². The first-order valence-corrected chi connectivity index (χ1v) is 8.06. The third-order valence-electron chi connectivity index (χ3n) is 2.03. The lowest BCUT2D eigenvalue weighted by molar-refractivity contribution is -0.116. The second-order valence-electron chi connectivity index (χ2n) is 3.95. The third-order valence-corrected chi connectivity index (χ3v) is 3.62. The zero-order valence-corrected chi connectivity index (χ0v) is 12.9. The molecule has 8 heteroatoms. The minimum atomic E-state index is -4.02. The molecule has 0 spiro atoms. The number of hydrogen-bond donors (Lipinski definition) is 3. The van der Waals surface area contributed by atoms with E-state index >= 15 is 0 Å². The van der Waals surface area contributed by atoms with Crippen LogP contribution in [0.15, 0.2) is 29.2 Å². The Morgan fingerprint density at radius 1 is 1.35 bits per heavy atom. The SMILES string of the molecule is CC(=O)CCSC(=N)N.Cc1ccc(S(=O)(=O)O)cc1. The van der Waals surface area contributed by atoms with E-state index in [4.69, 9.17) is 15.7 Å². The van der Waals surface area contributed by atoms with Gasteiger partial charge in [0.15, 0.2) is 5.17 Å². The van der Waals surface area contributed by atoms with Gasteiger partial charge in [-0.3, -0.25) is 14.8 Å². The van der Waals surface area contributed by atoms with Crippen molar-refractivity contribution < 1.29 is 17.8 Å². The number of Topliss-reactive ketones (excluding diaryl/α,β-unsaturated/α-hetero) is 1. The number of carbonyl (C=O) groups excluding carboxylic acids is 1. The van der Waals surface area contributed by atoms with Crippen molar-refractivity contribution in [1.82, 2.24) is 0 Å². The highest BCUT2D eigenvalue weighted by Crippen LogP contribution is 2.08. The van der Waals surface area contributed by atoms with E-state index in [0.29, 0.717) is 12.2 Å². The molecule has 4 N–H and O–H groups in total. The Morgan fingerprint density at radius 2 is 1.85 bits per heavy atom. The van der Waals surface area contributed by atoms with Crippen molar-refractivity contribution in [1.29, 1.82) is 5.41 Å². The summed E-state index contributed by atoms with van der Waals surface area (Å²) in [6.45, 7) is 3.37. The minimum Gasteiger partial charge on any atom is -0.379 e. The molecule has 112 valence electrons. The molecule has 0 aliphatic rings. The number of rotatable bonds is 4. The zero-order chi connectivity index (χ0) is 15.8. The molecule has 1 aromatic rings. The summed E-state index contributed by atoms with van der Waals surface area (Å²) in [5.74, 6) is 0.772. The maximum Gasteiger partial charge on any atom is 0.294 e. The normalized spacial score (nSPS) is 10.3. The summed E-state index contributed by atoms with van der Waals surface area (Å²) in [5, 5.41) is 6.85. The van der Waals surface area contributed by atoms with E-state index in [1.165, 1.54) is 30.8 Å². The van der Waals surface area contributed by atoms with Gasteiger partial charge in [0.2, 0.25) is 0 Å². The average Bonchev–Trinajstić information content (AvgIpc) is 2.28. The zero-order valence-electron chi connectivity index (χ0n) is 11.3. The molecule has 0 aliphatic carbocycles. The molecular formula is C12H18N2O4S2. The summed E-state index contributed by atoms with van der Waals surface area (Å²) in [5.41, 5.74) is 5.97. The Labute approximate surface area is 123 Å². The Kier molecular flexibility index (Phi) is 8.12. The lowest BCUT2D eigenvalue weighted by Gasteiger charge is -1.95. The Hall–Kier alpha value is -1.38. The van der Waals surface area contributed by atoms with E-state index in [-0.39, 0.29) is 15.8 Å². The first-order chi connectivity index (χ1) is 9.12. The molecule has 1 rings (SSSR count). The Bertz CT molecular complexity index is 539. The van der Waals surface area contributed by atoms with Gasteiger partial charge in [-0.25, -0.2) is 0 Å². The van der Waals surface area contributed by atoms with Crippen LogP contribution in [0.2, 0.25) is 0 Å². The first-order valence-electron chi connectivity index (χ1n) is 5.63. The fourth-order valence-electron chi connectivity index (χ4n) is 1.01. The number of ketones is 1. The van der Waals surface area contributed by atoms with Gasteiger partial charge in [-0.2, -0.15) is 8.42 Å². The molecule has 0 atom stereocenters. The number of aryl methyl sites for hydroxylation is 1. The molecule has 0 heterocycles. The van der Waals surface area contributed by atoms with Gasteiger partial charge in [0.25, 0.3) is 10.1 Å². The second-order valence-corrected chi connectivity index (χ2v) is 6.51. The Balaban J connectivity index is 0.000000370. The maximum atomic E-state index is 10.5. The van der Waals surface area contributed by atoms with Crippen LogP contribution in [0.1, 0.15) is 18.9 Å². The molecule has 0 bridgehead atoms. The van der Waals surface area contributed by atoms with E-state index in [1.807, 2.05) is 6.92 Å². The van der Waals surface area contributed by atoms with Crippen LogP contribution in [-0.2, 0) is 14.9 Å². The number of hydrogen-bond acceptors (Lipinski definition) is 5. The number of nitrogens with two attached hydrogens (primary N) is 1. The van der Waals surface area contributed by atoms with E-state index in [1.54, 1.807) is 12.1 Å². The summed E-state index contributed by atoms with van der Waals surface area (Å²) >= 11 is 1.20. The number of carbonyl (C=O) groups is 1. The molecule has 0 aliphatic heterocycles. The summed E-state index contributed by atoms with van der Waals surface area (Å²) < 4.78 is 29.6. The van der Waals surface area contributed by atoms with Crippen molar-refractivity contribution in [2.24, 2.45) is 5.73 Å². The molecule has 0 amide bonds. The maximum absolute atomic E-state index is 10.5. The smallest absolute Gasteiger partial charge is 0.294 e. The van der Waals surface area contributed by atoms with Gasteiger partial charge in [0, 0.05) is 12.2 Å². The second kappa shape index (κ2) is 8.72. The van der Waals surface area contributed by atoms with Gasteiger partial charge in [-0.15, -0.1) is 0 Å². The van der Waals surface area contributed by atoms with Crippen LogP contribution in [0.25, 0.3) is 0 Å². The predicted octanol–water partition coefficient (Wildman–Crippen LogP) is 1.83. The number of benzene rings is 1. The monoisotopic (exact) mass is 318 g/mol. The number of nitrogens with one attached hydrogen (secondary N) is 1. The summed E-state index contributed by atoms with van der Waals surface area (Å²) in [7, 11) is -4.02.